The van der Waals surface area contributed by atoms with Crippen LogP contribution in [0.3, 0.4) is 0 Å². The van der Waals surface area contributed by atoms with Crippen molar-refractivity contribution in [1.29, 1.82) is 0 Å². The van der Waals surface area contributed by atoms with E-state index in [0.717, 1.165) is 23.6 Å². The van der Waals surface area contributed by atoms with Crippen LogP contribution in [0.15, 0.2) is 18.2 Å². The highest BCUT2D eigenvalue weighted by atomic mass is 35.5. The lowest BCUT2D eigenvalue weighted by atomic mass is 9.88. The van der Waals surface area contributed by atoms with Crippen LogP contribution in [0.5, 0.6) is 5.75 Å². The summed E-state index contributed by atoms with van der Waals surface area (Å²) in [6.07, 6.45) is 2.21. The second-order valence-electron chi connectivity index (χ2n) is 4.59. The van der Waals surface area contributed by atoms with E-state index in [0.29, 0.717) is 17.9 Å². The van der Waals surface area contributed by atoms with E-state index < -0.39 is 0 Å². The van der Waals surface area contributed by atoms with Gasteiger partial charge in [-0.05, 0) is 48.4 Å². The highest BCUT2D eigenvalue weighted by Gasteiger charge is 2.33. The lowest BCUT2D eigenvalue weighted by molar-refractivity contribution is 0.395. The molecule has 0 amide bonds. The molecule has 88 valence electrons. The Balaban J connectivity index is 2.35. The summed E-state index contributed by atoms with van der Waals surface area (Å²) < 4.78 is 5.40. The molecule has 3 atom stereocenters. The molecule has 3 heteroatoms. The average Bonchev–Trinajstić information content (AvgIpc) is 2.60. The van der Waals surface area contributed by atoms with Gasteiger partial charge in [0, 0.05) is 11.1 Å². The molecule has 0 aliphatic heterocycles. The van der Waals surface area contributed by atoms with Gasteiger partial charge in [-0.15, -0.1) is 0 Å². The fourth-order valence-electron chi connectivity index (χ4n) is 2.63. The molecular formula is C13H18ClNO. The maximum atomic E-state index is 6.06. The molecule has 2 N–H and O–H groups in total. The summed E-state index contributed by atoms with van der Waals surface area (Å²) in [6, 6.07) is 6.12. The second-order valence-corrected chi connectivity index (χ2v) is 5.03. The summed E-state index contributed by atoms with van der Waals surface area (Å²) in [4.78, 5) is 0. The Morgan fingerprint density at radius 1 is 1.38 bits per heavy atom. The third kappa shape index (κ3) is 2.04. The normalized spacial score (nSPS) is 29.4. The molecule has 1 saturated carbocycles. The number of hydrogen-bond acceptors (Lipinski definition) is 2. The van der Waals surface area contributed by atoms with Crippen molar-refractivity contribution in [3.8, 4) is 5.75 Å². The number of rotatable bonds is 2. The molecule has 1 fully saturated rings. The number of halogens is 1. The van der Waals surface area contributed by atoms with E-state index in [4.69, 9.17) is 22.1 Å². The zero-order valence-electron chi connectivity index (χ0n) is 9.74. The van der Waals surface area contributed by atoms with Gasteiger partial charge in [0.25, 0.3) is 0 Å². The first-order valence-corrected chi connectivity index (χ1v) is 6.10. The average molecular weight is 240 g/mol. The minimum Gasteiger partial charge on any atom is -0.496 e. The molecule has 0 aromatic heterocycles. The van der Waals surface area contributed by atoms with Crippen molar-refractivity contribution in [2.45, 2.75) is 31.7 Å². The maximum absolute atomic E-state index is 6.06. The van der Waals surface area contributed by atoms with Crippen LogP contribution in [-0.4, -0.2) is 13.2 Å². The molecule has 0 radical (unpaired) electrons. The number of hydrogen-bond donors (Lipinski definition) is 1. The van der Waals surface area contributed by atoms with Gasteiger partial charge in [-0.25, -0.2) is 0 Å². The van der Waals surface area contributed by atoms with Gasteiger partial charge in [0.15, 0.2) is 0 Å². The van der Waals surface area contributed by atoms with Gasteiger partial charge in [0.1, 0.15) is 5.75 Å². The summed E-state index contributed by atoms with van der Waals surface area (Å²) in [5.74, 6) is 1.89. The Morgan fingerprint density at radius 2 is 2.12 bits per heavy atom. The molecule has 0 bridgehead atoms. The van der Waals surface area contributed by atoms with Gasteiger partial charge in [-0.1, -0.05) is 18.5 Å². The third-order valence-electron chi connectivity index (χ3n) is 3.71. The minimum absolute atomic E-state index is 0.300. The monoisotopic (exact) mass is 239 g/mol. The molecule has 0 spiro atoms. The molecule has 0 heterocycles. The van der Waals surface area contributed by atoms with Gasteiger partial charge >= 0.3 is 0 Å². The van der Waals surface area contributed by atoms with Crippen LogP contribution in [0.1, 0.15) is 31.2 Å². The summed E-state index contributed by atoms with van der Waals surface area (Å²) in [6.45, 7) is 2.21. The van der Waals surface area contributed by atoms with Crippen molar-refractivity contribution in [3.63, 3.8) is 0 Å². The molecule has 1 aliphatic carbocycles. The van der Waals surface area contributed by atoms with E-state index in [1.165, 1.54) is 5.56 Å². The van der Waals surface area contributed by atoms with E-state index in [1.807, 2.05) is 18.2 Å². The number of benzene rings is 1. The summed E-state index contributed by atoms with van der Waals surface area (Å²) in [7, 11) is 1.70. The molecule has 2 nitrogen and oxygen atoms in total. The van der Waals surface area contributed by atoms with Gasteiger partial charge in [-0.3, -0.25) is 0 Å². The van der Waals surface area contributed by atoms with Crippen LogP contribution >= 0.6 is 11.6 Å². The molecule has 2 rings (SSSR count). The maximum Gasteiger partial charge on any atom is 0.122 e. The van der Waals surface area contributed by atoms with E-state index in [-0.39, 0.29) is 0 Å². The summed E-state index contributed by atoms with van der Waals surface area (Å²) in [5.41, 5.74) is 7.27. The largest absolute Gasteiger partial charge is 0.496 e. The van der Waals surface area contributed by atoms with Crippen LogP contribution in [0.25, 0.3) is 0 Å². The predicted molar refractivity (Wildman–Crippen MR) is 67.1 cm³/mol. The molecular weight excluding hydrogens is 222 g/mol. The summed E-state index contributed by atoms with van der Waals surface area (Å²) >= 11 is 6.05. The van der Waals surface area contributed by atoms with Crippen molar-refractivity contribution in [2.24, 2.45) is 11.7 Å². The van der Waals surface area contributed by atoms with Crippen molar-refractivity contribution in [2.75, 3.05) is 7.11 Å². The quantitative estimate of drug-likeness (QED) is 0.860. The first-order chi connectivity index (χ1) is 7.63. The minimum atomic E-state index is 0.300. The molecule has 16 heavy (non-hydrogen) atoms. The van der Waals surface area contributed by atoms with Gasteiger partial charge in [-0.2, -0.15) is 0 Å². The van der Waals surface area contributed by atoms with Gasteiger partial charge in [0.05, 0.1) is 7.11 Å². The van der Waals surface area contributed by atoms with E-state index in [9.17, 15) is 0 Å². The van der Waals surface area contributed by atoms with E-state index in [1.54, 1.807) is 7.11 Å². The Morgan fingerprint density at radius 3 is 2.69 bits per heavy atom. The van der Waals surface area contributed by atoms with E-state index >= 15 is 0 Å². The Hall–Kier alpha value is -0.730. The molecule has 3 unspecified atom stereocenters. The lowest BCUT2D eigenvalue weighted by Crippen LogP contribution is -2.24. The lowest BCUT2D eigenvalue weighted by Gasteiger charge is -2.20. The van der Waals surface area contributed by atoms with Crippen LogP contribution < -0.4 is 10.5 Å². The van der Waals surface area contributed by atoms with Crippen LogP contribution in [0.2, 0.25) is 5.02 Å². The van der Waals surface area contributed by atoms with Crippen molar-refractivity contribution in [1.82, 2.24) is 0 Å². The third-order valence-corrected chi connectivity index (χ3v) is 3.95. The Bertz CT molecular complexity index is 380. The number of nitrogens with two attached hydrogens (primary N) is 1. The van der Waals surface area contributed by atoms with Gasteiger partial charge in [0.2, 0.25) is 0 Å². The topological polar surface area (TPSA) is 35.2 Å². The van der Waals surface area contributed by atoms with Gasteiger partial charge < -0.3 is 10.5 Å². The summed E-state index contributed by atoms with van der Waals surface area (Å²) in [5, 5.41) is 0.767. The van der Waals surface area contributed by atoms with E-state index in [2.05, 4.69) is 6.92 Å². The first-order valence-electron chi connectivity index (χ1n) is 5.72. The zero-order valence-corrected chi connectivity index (χ0v) is 10.5. The Kier molecular flexibility index (Phi) is 3.41. The Labute approximate surface area is 102 Å². The highest BCUT2D eigenvalue weighted by Crippen LogP contribution is 2.42. The molecule has 0 saturated heterocycles. The van der Waals surface area contributed by atoms with Crippen molar-refractivity contribution in [3.05, 3.63) is 28.8 Å². The SMILES string of the molecule is COc1ccc(Cl)cc1C1CCC(N)C1C. The predicted octanol–water partition coefficient (Wildman–Crippen LogP) is 3.19. The standard InChI is InChI=1S/C13H18ClNO/c1-8-10(4-5-12(8)15)11-7-9(14)3-6-13(11)16-2/h3,6-8,10,12H,4-5,15H2,1-2H3. The van der Waals surface area contributed by atoms with Crippen molar-refractivity contribution < 1.29 is 4.74 Å². The van der Waals surface area contributed by atoms with Crippen molar-refractivity contribution >= 4 is 11.6 Å². The fourth-order valence-corrected chi connectivity index (χ4v) is 2.81. The zero-order chi connectivity index (χ0) is 11.7. The highest BCUT2D eigenvalue weighted by molar-refractivity contribution is 6.30. The molecule has 1 aliphatic rings. The second kappa shape index (κ2) is 4.64. The number of methoxy groups -OCH3 is 1. The fraction of sp³-hybridized carbons (Fsp3) is 0.538. The number of ether oxygens (including phenoxy) is 1. The molecule has 1 aromatic carbocycles. The van der Waals surface area contributed by atoms with Crippen LogP contribution in [0.4, 0.5) is 0 Å². The smallest absolute Gasteiger partial charge is 0.122 e. The van der Waals surface area contributed by atoms with Crippen LogP contribution in [-0.2, 0) is 0 Å². The van der Waals surface area contributed by atoms with Crippen LogP contribution in [0, 0.1) is 5.92 Å². The first kappa shape index (κ1) is 11.7. The molecule has 1 aromatic rings.